The van der Waals surface area contributed by atoms with Crippen molar-refractivity contribution in [3.05, 3.63) is 65.2 Å². The zero-order valence-electron chi connectivity index (χ0n) is 19.5. The normalized spacial score (nSPS) is 21.9. The zero-order chi connectivity index (χ0) is 22.5. The second-order valence-electron chi connectivity index (χ2n) is 9.18. The molecule has 0 aromatic heterocycles. The second kappa shape index (κ2) is 10.5. The topological polar surface area (TPSA) is 50.8 Å². The van der Waals surface area contributed by atoms with E-state index in [0.717, 1.165) is 38.5 Å². The Bertz CT molecular complexity index is 890. The molecule has 0 radical (unpaired) electrons. The number of nitrogens with zero attached hydrogens (tertiary/aromatic N) is 1. The lowest BCUT2D eigenvalue weighted by Gasteiger charge is -2.35. The van der Waals surface area contributed by atoms with Gasteiger partial charge in [-0.3, -0.25) is 9.69 Å². The highest BCUT2D eigenvalue weighted by atomic mass is 16.5. The van der Waals surface area contributed by atoms with Crippen LogP contribution in [-0.2, 0) is 9.53 Å². The van der Waals surface area contributed by atoms with Crippen LogP contribution < -0.4 is 10.1 Å². The Labute approximate surface area is 192 Å². The van der Waals surface area contributed by atoms with Crippen LogP contribution in [0.1, 0.15) is 61.8 Å². The fourth-order valence-corrected chi connectivity index (χ4v) is 4.63. The van der Waals surface area contributed by atoms with E-state index in [1.54, 1.807) is 0 Å². The van der Waals surface area contributed by atoms with Crippen molar-refractivity contribution in [1.82, 2.24) is 10.2 Å². The summed E-state index contributed by atoms with van der Waals surface area (Å²) in [5, 5.41) is 3.26. The van der Waals surface area contributed by atoms with Gasteiger partial charge in [-0.15, -0.1) is 0 Å². The number of ether oxygens (including phenoxy) is 2. The number of amides is 1. The molecule has 2 aromatic carbocycles. The van der Waals surface area contributed by atoms with Crippen LogP contribution in [0, 0.1) is 5.92 Å². The molecule has 172 valence electrons. The van der Waals surface area contributed by atoms with Crippen molar-refractivity contribution in [3.63, 3.8) is 0 Å². The van der Waals surface area contributed by atoms with Crippen LogP contribution >= 0.6 is 0 Å². The molecule has 1 saturated heterocycles. The van der Waals surface area contributed by atoms with E-state index >= 15 is 0 Å². The van der Waals surface area contributed by atoms with Gasteiger partial charge in [-0.1, -0.05) is 50.2 Å². The summed E-state index contributed by atoms with van der Waals surface area (Å²) in [7, 11) is 0. The molecule has 3 atom stereocenters. The summed E-state index contributed by atoms with van der Waals surface area (Å²) in [6.45, 7) is 11.0. The van der Waals surface area contributed by atoms with Crippen LogP contribution in [0.15, 0.2) is 48.5 Å². The van der Waals surface area contributed by atoms with Crippen LogP contribution in [0.5, 0.6) is 5.75 Å². The number of benzene rings is 2. The molecule has 1 heterocycles. The van der Waals surface area contributed by atoms with E-state index in [2.05, 4.69) is 60.5 Å². The van der Waals surface area contributed by atoms with Crippen molar-refractivity contribution < 1.29 is 14.3 Å². The van der Waals surface area contributed by atoms with E-state index < -0.39 is 0 Å². The lowest BCUT2D eigenvalue weighted by molar-refractivity contribution is -0.122. The summed E-state index contributed by atoms with van der Waals surface area (Å²) in [5.41, 5.74) is 3.80. The van der Waals surface area contributed by atoms with Crippen molar-refractivity contribution in [2.45, 2.75) is 45.1 Å². The van der Waals surface area contributed by atoms with Gasteiger partial charge < -0.3 is 14.8 Å². The first-order valence-corrected chi connectivity index (χ1v) is 12.0. The number of hydrogen-bond acceptors (Lipinski definition) is 4. The van der Waals surface area contributed by atoms with Crippen LogP contribution in [0.4, 0.5) is 0 Å². The molecule has 1 amide bonds. The maximum Gasteiger partial charge on any atom is 0.223 e. The molecule has 1 aliphatic carbocycles. The highest BCUT2D eigenvalue weighted by molar-refractivity contribution is 5.83. The Hall–Kier alpha value is -2.37. The predicted octanol–water partition coefficient (Wildman–Crippen LogP) is 4.50. The quantitative estimate of drug-likeness (QED) is 0.629. The second-order valence-corrected chi connectivity index (χ2v) is 9.18. The average Bonchev–Trinajstić information content (AvgIpc) is 3.62. The third-order valence-electron chi connectivity index (χ3n) is 6.67. The van der Waals surface area contributed by atoms with Gasteiger partial charge in [-0.05, 0) is 54.0 Å². The Morgan fingerprint density at radius 2 is 1.84 bits per heavy atom. The summed E-state index contributed by atoms with van der Waals surface area (Å²) < 4.78 is 11.2. The number of hydrogen-bond donors (Lipinski definition) is 1. The highest BCUT2D eigenvalue weighted by Crippen LogP contribution is 2.48. The highest BCUT2D eigenvalue weighted by Gasteiger charge is 2.44. The summed E-state index contributed by atoms with van der Waals surface area (Å²) in [5.74, 6) is 1.91. The molecule has 5 heteroatoms. The monoisotopic (exact) mass is 436 g/mol. The average molecular weight is 437 g/mol. The first-order chi connectivity index (χ1) is 15.6. The maximum atomic E-state index is 13.0. The van der Waals surface area contributed by atoms with Crippen molar-refractivity contribution in [1.29, 1.82) is 0 Å². The minimum absolute atomic E-state index is 0.0560. The van der Waals surface area contributed by atoms with Gasteiger partial charge in [0.05, 0.1) is 25.9 Å². The van der Waals surface area contributed by atoms with Gasteiger partial charge in [0.25, 0.3) is 0 Å². The van der Waals surface area contributed by atoms with Crippen molar-refractivity contribution in [3.8, 4) is 5.75 Å². The van der Waals surface area contributed by atoms with Crippen LogP contribution in [0.3, 0.4) is 0 Å². The maximum absolute atomic E-state index is 13.0. The van der Waals surface area contributed by atoms with Crippen LogP contribution in [0.25, 0.3) is 0 Å². The van der Waals surface area contributed by atoms with Gasteiger partial charge in [0.15, 0.2) is 0 Å². The molecular weight excluding hydrogens is 400 g/mol. The molecule has 0 spiro atoms. The Morgan fingerprint density at radius 1 is 1.12 bits per heavy atom. The summed E-state index contributed by atoms with van der Waals surface area (Å²) in [4.78, 5) is 15.4. The van der Waals surface area contributed by atoms with E-state index in [1.807, 2.05) is 19.1 Å². The van der Waals surface area contributed by atoms with E-state index in [0.29, 0.717) is 25.0 Å². The Balaban J connectivity index is 1.39. The van der Waals surface area contributed by atoms with E-state index in [9.17, 15) is 4.79 Å². The Morgan fingerprint density at radius 3 is 2.53 bits per heavy atom. The van der Waals surface area contributed by atoms with Crippen molar-refractivity contribution >= 4 is 5.91 Å². The molecule has 1 saturated carbocycles. The lowest BCUT2D eigenvalue weighted by atomic mass is 9.98. The first kappa shape index (κ1) is 22.8. The van der Waals surface area contributed by atoms with E-state index in [1.165, 1.54) is 16.7 Å². The van der Waals surface area contributed by atoms with Crippen molar-refractivity contribution in [2.24, 2.45) is 5.92 Å². The largest absolute Gasteiger partial charge is 0.494 e. The number of carbonyl (C=O) groups is 1. The first-order valence-electron chi connectivity index (χ1n) is 12.0. The molecule has 5 nitrogen and oxygen atoms in total. The molecule has 2 aliphatic rings. The molecule has 2 aromatic rings. The number of rotatable bonds is 9. The predicted molar refractivity (Wildman–Crippen MR) is 127 cm³/mol. The SMILES string of the molecule is CCOc1cccc([C@@H]2C[C@@H]2C(=O)NC[C@H](c2ccc(C(C)C)cc2)N2CCOCC2)c1. The van der Waals surface area contributed by atoms with E-state index in [-0.39, 0.29) is 17.9 Å². The fraction of sp³-hybridized carbons (Fsp3) is 0.519. The number of carbonyl (C=O) groups excluding carboxylic acids is 1. The van der Waals surface area contributed by atoms with Gasteiger partial charge in [0.2, 0.25) is 5.91 Å². The fourth-order valence-electron chi connectivity index (χ4n) is 4.63. The number of morpholine rings is 1. The van der Waals surface area contributed by atoms with Crippen LogP contribution in [0.2, 0.25) is 0 Å². The van der Waals surface area contributed by atoms with Crippen LogP contribution in [-0.4, -0.2) is 50.3 Å². The smallest absolute Gasteiger partial charge is 0.223 e. The molecule has 4 rings (SSSR count). The van der Waals surface area contributed by atoms with E-state index in [4.69, 9.17) is 9.47 Å². The third-order valence-corrected chi connectivity index (χ3v) is 6.67. The minimum atomic E-state index is 0.0560. The van der Waals surface area contributed by atoms with Gasteiger partial charge in [-0.25, -0.2) is 0 Å². The van der Waals surface area contributed by atoms with Gasteiger partial charge >= 0.3 is 0 Å². The summed E-state index contributed by atoms with van der Waals surface area (Å²) in [6, 6.07) is 17.2. The molecule has 0 bridgehead atoms. The van der Waals surface area contributed by atoms with Gasteiger partial charge in [0.1, 0.15) is 5.75 Å². The summed E-state index contributed by atoms with van der Waals surface area (Å²) >= 11 is 0. The number of nitrogens with one attached hydrogen (secondary N) is 1. The van der Waals surface area contributed by atoms with Gasteiger partial charge in [0, 0.05) is 25.6 Å². The standard InChI is InChI=1S/C27H36N2O3/c1-4-32-23-7-5-6-22(16-23)24-17-25(24)27(30)28-18-26(29-12-14-31-15-13-29)21-10-8-20(9-11-21)19(2)3/h5-11,16,19,24-26H,4,12-15,17-18H2,1-3H3,(H,28,30)/t24-,25-,26+/m0/s1. The minimum Gasteiger partial charge on any atom is -0.494 e. The third kappa shape index (κ3) is 5.51. The van der Waals surface area contributed by atoms with Crippen molar-refractivity contribution in [2.75, 3.05) is 39.5 Å². The Kier molecular flexibility index (Phi) is 7.48. The molecule has 0 unspecified atom stereocenters. The zero-order valence-corrected chi connectivity index (χ0v) is 19.5. The van der Waals surface area contributed by atoms with Gasteiger partial charge in [-0.2, -0.15) is 0 Å². The molecule has 32 heavy (non-hydrogen) atoms. The molecule has 2 fully saturated rings. The lowest BCUT2D eigenvalue weighted by Crippen LogP contribution is -2.44. The molecule has 1 aliphatic heterocycles. The molecule has 1 N–H and O–H groups in total. The molecular formula is C27H36N2O3. The summed E-state index contributed by atoms with van der Waals surface area (Å²) in [6.07, 6.45) is 0.909.